The van der Waals surface area contributed by atoms with E-state index >= 15 is 0 Å². The van der Waals surface area contributed by atoms with Crippen molar-refractivity contribution in [1.29, 1.82) is 0 Å². The summed E-state index contributed by atoms with van der Waals surface area (Å²) < 4.78 is 23.4. The first kappa shape index (κ1) is 19.1. The van der Waals surface area contributed by atoms with Crippen molar-refractivity contribution < 1.29 is 9.13 Å². The molecule has 0 spiro atoms. The summed E-state index contributed by atoms with van der Waals surface area (Å²) >= 11 is 0. The van der Waals surface area contributed by atoms with E-state index in [2.05, 4.69) is 45.3 Å². The molecule has 0 saturated heterocycles. The molecule has 0 aliphatic heterocycles. The second kappa shape index (κ2) is 8.45. The van der Waals surface area contributed by atoms with Gasteiger partial charge in [0.2, 0.25) is 0 Å². The number of rotatable bonds is 8. The normalized spacial score (nSPS) is 12.4. The fourth-order valence-electron chi connectivity index (χ4n) is 3.50. The Labute approximate surface area is 168 Å². The maximum absolute atomic E-state index is 13.7. The van der Waals surface area contributed by atoms with Crippen molar-refractivity contribution >= 4 is 10.9 Å². The Morgan fingerprint density at radius 1 is 1.14 bits per heavy atom. The molecule has 0 radical (unpaired) electrons. The molecule has 29 heavy (non-hydrogen) atoms. The van der Waals surface area contributed by atoms with E-state index in [4.69, 9.17) is 4.74 Å². The number of benzene rings is 2. The summed E-state index contributed by atoms with van der Waals surface area (Å²) in [4.78, 5) is 0. The van der Waals surface area contributed by atoms with E-state index in [1.807, 2.05) is 23.7 Å². The molecule has 4 rings (SSSR count). The number of aryl methyl sites for hydroxylation is 1. The Balaban J connectivity index is 1.46. The summed E-state index contributed by atoms with van der Waals surface area (Å²) in [7, 11) is 1.94. The summed E-state index contributed by atoms with van der Waals surface area (Å²) in [5.74, 6) is 0.836. The molecule has 6 nitrogen and oxygen atoms in total. The zero-order chi connectivity index (χ0) is 20.2. The number of ether oxygens (including phenoxy) is 1. The molecule has 0 amide bonds. The van der Waals surface area contributed by atoms with Crippen LogP contribution in [0.15, 0.2) is 61.1 Å². The fourth-order valence-corrected chi connectivity index (χ4v) is 3.50. The summed E-state index contributed by atoms with van der Waals surface area (Å²) in [6, 6.07) is 14.8. The SMILES string of the molecule is C[C@@H](NCc1cn(CCOc2ccccc2F)c2ccccc12)c1nncn1C. The summed E-state index contributed by atoms with van der Waals surface area (Å²) in [6.45, 7) is 3.80. The van der Waals surface area contributed by atoms with Crippen LogP contribution in [-0.4, -0.2) is 25.9 Å². The molecule has 1 atom stereocenters. The van der Waals surface area contributed by atoms with Gasteiger partial charge in [-0.1, -0.05) is 30.3 Å². The first-order chi connectivity index (χ1) is 14.1. The van der Waals surface area contributed by atoms with Crippen molar-refractivity contribution in [2.24, 2.45) is 7.05 Å². The van der Waals surface area contributed by atoms with Gasteiger partial charge in [-0.3, -0.25) is 0 Å². The molecular weight excluding hydrogens is 369 g/mol. The van der Waals surface area contributed by atoms with Crippen LogP contribution in [0, 0.1) is 5.82 Å². The molecular formula is C22H24FN5O. The van der Waals surface area contributed by atoms with Gasteiger partial charge in [0.1, 0.15) is 18.8 Å². The molecule has 0 aliphatic rings. The van der Waals surface area contributed by atoms with E-state index in [0.29, 0.717) is 19.7 Å². The average molecular weight is 393 g/mol. The fraction of sp³-hybridized carbons (Fsp3) is 0.273. The lowest BCUT2D eigenvalue weighted by atomic mass is 10.1. The van der Waals surface area contributed by atoms with Crippen LogP contribution in [0.25, 0.3) is 10.9 Å². The molecule has 0 unspecified atom stereocenters. The second-order valence-electron chi connectivity index (χ2n) is 7.05. The number of hydrogen-bond donors (Lipinski definition) is 1. The van der Waals surface area contributed by atoms with Crippen molar-refractivity contribution in [1.82, 2.24) is 24.6 Å². The van der Waals surface area contributed by atoms with Crippen LogP contribution in [0.5, 0.6) is 5.75 Å². The van der Waals surface area contributed by atoms with Crippen LogP contribution in [-0.2, 0) is 20.1 Å². The predicted octanol–water partition coefficient (Wildman–Crippen LogP) is 3.84. The van der Waals surface area contributed by atoms with Crippen LogP contribution < -0.4 is 10.1 Å². The Hall–Kier alpha value is -3.19. The minimum atomic E-state index is -0.340. The second-order valence-corrected chi connectivity index (χ2v) is 7.05. The van der Waals surface area contributed by atoms with E-state index < -0.39 is 0 Å². The van der Waals surface area contributed by atoms with Crippen molar-refractivity contribution in [2.45, 2.75) is 26.1 Å². The summed E-state index contributed by atoms with van der Waals surface area (Å²) in [5, 5.41) is 12.8. The Morgan fingerprint density at radius 3 is 2.72 bits per heavy atom. The number of fused-ring (bicyclic) bond motifs is 1. The van der Waals surface area contributed by atoms with Gasteiger partial charge in [-0.25, -0.2) is 4.39 Å². The molecule has 0 fully saturated rings. The van der Waals surface area contributed by atoms with E-state index in [1.54, 1.807) is 24.5 Å². The van der Waals surface area contributed by atoms with Gasteiger partial charge < -0.3 is 19.2 Å². The lowest BCUT2D eigenvalue weighted by molar-refractivity contribution is 0.286. The molecule has 2 heterocycles. The molecule has 150 valence electrons. The molecule has 4 aromatic rings. The highest BCUT2D eigenvalue weighted by Gasteiger charge is 2.13. The molecule has 7 heteroatoms. The maximum atomic E-state index is 13.7. The minimum absolute atomic E-state index is 0.0778. The monoisotopic (exact) mass is 393 g/mol. The smallest absolute Gasteiger partial charge is 0.165 e. The lowest BCUT2D eigenvalue weighted by Gasteiger charge is -2.12. The number of hydrogen-bond acceptors (Lipinski definition) is 4. The van der Waals surface area contributed by atoms with Crippen molar-refractivity contribution in [2.75, 3.05) is 6.61 Å². The van der Waals surface area contributed by atoms with Gasteiger partial charge in [-0.05, 0) is 30.7 Å². The number of nitrogens with one attached hydrogen (secondary N) is 1. The summed E-state index contributed by atoms with van der Waals surface area (Å²) in [5.41, 5.74) is 2.33. The van der Waals surface area contributed by atoms with E-state index in [9.17, 15) is 4.39 Å². The topological polar surface area (TPSA) is 56.9 Å². The van der Waals surface area contributed by atoms with Crippen molar-refractivity contribution in [3.05, 3.63) is 78.3 Å². The van der Waals surface area contributed by atoms with Crippen LogP contribution in [0.2, 0.25) is 0 Å². The molecule has 2 aromatic carbocycles. The van der Waals surface area contributed by atoms with Crippen molar-refractivity contribution in [3.63, 3.8) is 0 Å². The third kappa shape index (κ3) is 4.14. The van der Waals surface area contributed by atoms with Gasteiger partial charge in [0.25, 0.3) is 0 Å². The zero-order valence-corrected chi connectivity index (χ0v) is 16.5. The average Bonchev–Trinajstić information content (AvgIpc) is 3.31. The van der Waals surface area contributed by atoms with Crippen LogP contribution in [0.3, 0.4) is 0 Å². The highest BCUT2D eigenvalue weighted by Crippen LogP contribution is 2.23. The van der Waals surface area contributed by atoms with Gasteiger partial charge >= 0.3 is 0 Å². The predicted molar refractivity (Wildman–Crippen MR) is 110 cm³/mol. The van der Waals surface area contributed by atoms with Crippen LogP contribution in [0.4, 0.5) is 4.39 Å². The van der Waals surface area contributed by atoms with Gasteiger partial charge in [-0.15, -0.1) is 10.2 Å². The first-order valence-corrected chi connectivity index (χ1v) is 9.65. The maximum Gasteiger partial charge on any atom is 0.165 e. The van der Waals surface area contributed by atoms with Gasteiger partial charge in [0, 0.05) is 30.7 Å². The first-order valence-electron chi connectivity index (χ1n) is 9.65. The highest BCUT2D eigenvalue weighted by atomic mass is 19.1. The number of aromatic nitrogens is 4. The third-order valence-electron chi connectivity index (χ3n) is 5.03. The quantitative estimate of drug-likeness (QED) is 0.494. The van der Waals surface area contributed by atoms with Crippen LogP contribution >= 0.6 is 0 Å². The van der Waals surface area contributed by atoms with Gasteiger partial charge in [0.05, 0.1) is 12.6 Å². The Kier molecular flexibility index (Phi) is 5.57. The largest absolute Gasteiger partial charge is 0.489 e. The number of para-hydroxylation sites is 2. The third-order valence-corrected chi connectivity index (χ3v) is 5.03. The number of halogens is 1. The van der Waals surface area contributed by atoms with E-state index in [0.717, 1.165) is 11.3 Å². The van der Waals surface area contributed by atoms with Crippen LogP contribution in [0.1, 0.15) is 24.4 Å². The molecule has 2 aromatic heterocycles. The van der Waals surface area contributed by atoms with E-state index in [-0.39, 0.29) is 17.6 Å². The highest BCUT2D eigenvalue weighted by molar-refractivity contribution is 5.83. The lowest BCUT2D eigenvalue weighted by Crippen LogP contribution is -2.21. The zero-order valence-electron chi connectivity index (χ0n) is 16.5. The van der Waals surface area contributed by atoms with E-state index in [1.165, 1.54) is 17.0 Å². The van der Waals surface area contributed by atoms with Crippen molar-refractivity contribution in [3.8, 4) is 5.75 Å². The Bertz CT molecular complexity index is 1100. The Morgan fingerprint density at radius 2 is 1.93 bits per heavy atom. The van der Waals surface area contributed by atoms with Gasteiger partial charge in [0.15, 0.2) is 11.6 Å². The molecule has 0 bridgehead atoms. The molecule has 0 aliphatic carbocycles. The number of nitrogens with zero attached hydrogens (tertiary/aromatic N) is 4. The molecule has 0 saturated carbocycles. The standard InChI is InChI=1S/C22H24FN5O/c1-16(22-26-25-15-27(22)2)24-13-17-14-28(20-9-5-3-7-18(17)20)11-12-29-21-10-6-4-8-19(21)23/h3-10,14-16,24H,11-13H2,1-2H3/t16-/m1/s1. The minimum Gasteiger partial charge on any atom is -0.489 e. The molecule has 1 N–H and O–H groups in total. The summed E-state index contributed by atoms with van der Waals surface area (Å²) in [6.07, 6.45) is 3.83. The van der Waals surface area contributed by atoms with Gasteiger partial charge in [-0.2, -0.15) is 0 Å².